The molecular formula is C31H23ClO6. The highest BCUT2D eigenvalue weighted by molar-refractivity contribution is 5.76. The number of benzene rings is 4. The fraction of sp³-hybridized carbons (Fsp3) is 0. The Labute approximate surface area is 222 Å². The Balaban J connectivity index is 0.000000617. The second-order valence-corrected chi connectivity index (χ2v) is 8.99. The Kier molecular flexibility index (Phi) is 8.66. The predicted molar refractivity (Wildman–Crippen MR) is 136 cm³/mol. The minimum Gasteiger partial charge on any atom is -0.508 e. The van der Waals surface area contributed by atoms with Crippen molar-refractivity contribution in [2.24, 2.45) is 0 Å². The summed E-state index contributed by atoms with van der Waals surface area (Å²) in [6.45, 7) is 0. The molecule has 0 saturated carbocycles. The number of aromatic hydroxyl groups is 1. The van der Waals surface area contributed by atoms with Crippen molar-refractivity contribution in [1.82, 2.24) is 0 Å². The van der Waals surface area contributed by atoms with Crippen molar-refractivity contribution in [3.8, 4) is 39.5 Å². The van der Waals surface area contributed by atoms with Gasteiger partial charge in [0.25, 0.3) is 0 Å². The molecule has 0 bridgehead atoms. The van der Waals surface area contributed by atoms with Gasteiger partial charge >= 0.3 is 11.5 Å². The normalized spacial score (nSPS) is 11.2. The van der Waals surface area contributed by atoms with E-state index in [9.17, 15) is 5.11 Å². The average molecular weight is 527 g/mol. The zero-order valence-corrected chi connectivity index (χ0v) is 20.8. The fourth-order valence-electron chi connectivity index (χ4n) is 3.72. The van der Waals surface area contributed by atoms with Crippen molar-refractivity contribution in [3.63, 3.8) is 0 Å². The molecule has 0 spiro atoms. The van der Waals surface area contributed by atoms with Crippen LogP contribution < -0.4 is 18.6 Å². The fourth-order valence-corrected chi connectivity index (χ4v) is 3.72. The smallest absolute Gasteiger partial charge is 0.361 e. The van der Waals surface area contributed by atoms with Crippen molar-refractivity contribution in [2.45, 2.75) is 0 Å². The van der Waals surface area contributed by atoms with Gasteiger partial charge in [-0.3, -0.25) is 0 Å². The first-order chi connectivity index (χ1) is 18.2. The third-order valence-corrected chi connectivity index (χ3v) is 5.52. The van der Waals surface area contributed by atoms with Gasteiger partial charge in [0.05, 0.1) is 23.3 Å². The Bertz CT molecular complexity index is 1410. The van der Waals surface area contributed by atoms with Gasteiger partial charge in [-0.25, -0.2) is 23.1 Å². The molecule has 1 aromatic heterocycles. The Hall–Kier alpha value is -4.30. The van der Waals surface area contributed by atoms with Gasteiger partial charge in [0.15, 0.2) is 0 Å². The monoisotopic (exact) mass is 526 g/mol. The highest BCUT2D eigenvalue weighted by Crippen LogP contribution is 2.33. The number of halogens is 1. The van der Waals surface area contributed by atoms with Crippen LogP contribution in [0, 0.1) is 10.2 Å². The van der Waals surface area contributed by atoms with Crippen LogP contribution in [0.1, 0.15) is 11.1 Å². The maximum atomic E-state index is 9.43. The minimum absolute atomic E-state index is 0.271. The molecule has 0 fully saturated rings. The van der Waals surface area contributed by atoms with E-state index in [1.807, 2.05) is 42.5 Å². The number of phenolic OH excluding ortho intramolecular Hbond substituents is 1. The molecule has 0 saturated heterocycles. The van der Waals surface area contributed by atoms with Gasteiger partial charge in [-0.05, 0) is 53.1 Å². The molecule has 0 aliphatic rings. The second kappa shape index (κ2) is 12.3. The molecule has 190 valence electrons. The summed E-state index contributed by atoms with van der Waals surface area (Å²) in [6, 6.07) is 40.2. The van der Waals surface area contributed by atoms with Crippen LogP contribution in [0.25, 0.3) is 45.9 Å². The van der Waals surface area contributed by atoms with E-state index in [1.54, 1.807) is 12.1 Å². The Morgan fingerprint density at radius 3 is 1.37 bits per heavy atom. The number of rotatable bonds is 5. The minimum atomic E-state index is -4.94. The summed E-state index contributed by atoms with van der Waals surface area (Å²) in [7, 11) is -4.94. The number of hydrogen-bond donors (Lipinski definition) is 1. The van der Waals surface area contributed by atoms with Crippen molar-refractivity contribution in [3.05, 3.63) is 132 Å². The first-order valence-electron chi connectivity index (χ1n) is 11.5. The van der Waals surface area contributed by atoms with E-state index >= 15 is 0 Å². The molecule has 5 aromatic rings. The SMILES string of the molecule is Oc1ccc(C=Cc2ccc(-c3cc(-c4ccccc4)cc(-c4ccccc4)[o+]3)cc2)cc1.[O-][Cl+3]([O-])([O-])[O-]. The standard InChI is InChI=1S/C31H22O2.ClHO4/c32-29-19-15-24(16-20-29)12-11-23-13-17-27(18-14-23)31-22-28(25-7-3-1-4-8-25)21-30(33-31)26-9-5-2-6-10-26;2-1(3,4)5/h1-22H;(H,2,3,4,5). The third kappa shape index (κ3) is 8.11. The molecule has 6 nitrogen and oxygen atoms in total. The van der Waals surface area contributed by atoms with E-state index in [0.717, 1.165) is 44.9 Å². The lowest BCUT2D eigenvalue weighted by molar-refractivity contribution is -2.00. The molecule has 7 heteroatoms. The molecule has 5 rings (SSSR count). The second-order valence-electron chi connectivity index (χ2n) is 8.23. The number of hydrogen-bond acceptors (Lipinski definition) is 5. The van der Waals surface area contributed by atoms with Crippen LogP contribution in [0.3, 0.4) is 0 Å². The molecular weight excluding hydrogens is 504 g/mol. The molecule has 1 heterocycles. The van der Waals surface area contributed by atoms with Gasteiger partial charge < -0.3 is 5.11 Å². The van der Waals surface area contributed by atoms with Crippen LogP contribution in [0.5, 0.6) is 5.75 Å². The van der Waals surface area contributed by atoms with Crippen LogP contribution in [0.2, 0.25) is 0 Å². The summed E-state index contributed by atoms with van der Waals surface area (Å²) in [5.74, 6) is 1.93. The molecule has 4 aromatic carbocycles. The summed E-state index contributed by atoms with van der Waals surface area (Å²) >= 11 is 0. The maximum Gasteiger partial charge on any atom is 0.361 e. The third-order valence-electron chi connectivity index (χ3n) is 5.52. The van der Waals surface area contributed by atoms with Crippen LogP contribution in [0.4, 0.5) is 0 Å². The topological polar surface area (TPSA) is 124 Å². The molecule has 38 heavy (non-hydrogen) atoms. The summed E-state index contributed by atoms with van der Waals surface area (Å²) in [5, 5.41) is 9.43. The van der Waals surface area contributed by atoms with E-state index in [2.05, 4.69) is 78.9 Å². The molecule has 0 aliphatic carbocycles. The van der Waals surface area contributed by atoms with Gasteiger partial charge in [0.1, 0.15) is 5.75 Å². The van der Waals surface area contributed by atoms with Crippen LogP contribution in [-0.4, -0.2) is 5.11 Å². The highest BCUT2D eigenvalue weighted by Gasteiger charge is 2.20. The predicted octanol–water partition coefficient (Wildman–Crippen LogP) is 3.68. The zero-order chi connectivity index (χ0) is 27.0. The highest BCUT2D eigenvalue weighted by atomic mass is 35.7. The van der Waals surface area contributed by atoms with E-state index in [-0.39, 0.29) is 5.75 Å². The van der Waals surface area contributed by atoms with Crippen molar-refractivity contribution >= 4 is 12.2 Å². The van der Waals surface area contributed by atoms with Gasteiger partial charge in [-0.15, -0.1) is 10.2 Å². The lowest BCUT2D eigenvalue weighted by Crippen LogP contribution is -2.68. The van der Waals surface area contributed by atoms with E-state index in [0.29, 0.717) is 0 Å². The van der Waals surface area contributed by atoms with Gasteiger partial charge in [0.2, 0.25) is 0 Å². The molecule has 1 N–H and O–H groups in total. The zero-order valence-electron chi connectivity index (χ0n) is 20.1. The molecule has 0 amide bonds. The maximum absolute atomic E-state index is 9.43. The van der Waals surface area contributed by atoms with Crippen molar-refractivity contribution in [2.75, 3.05) is 0 Å². The van der Waals surface area contributed by atoms with Crippen LogP contribution in [0.15, 0.2) is 126 Å². The lowest BCUT2D eigenvalue weighted by Gasteiger charge is -2.17. The van der Waals surface area contributed by atoms with Gasteiger partial charge in [-0.2, -0.15) is 0 Å². The van der Waals surface area contributed by atoms with Gasteiger partial charge in [0, 0.05) is 5.56 Å². The first-order valence-corrected chi connectivity index (χ1v) is 12.8. The quantitative estimate of drug-likeness (QED) is 0.275. The molecule has 0 atom stereocenters. The first kappa shape index (κ1) is 26.8. The van der Waals surface area contributed by atoms with Gasteiger partial charge in [-0.1, -0.05) is 84.9 Å². The summed E-state index contributed by atoms with van der Waals surface area (Å²) in [4.78, 5) is 0. The van der Waals surface area contributed by atoms with E-state index in [1.165, 1.54) is 0 Å². The van der Waals surface area contributed by atoms with E-state index < -0.39 is 10.2 Å². The van der Waals surface area contributed by atoms with Crippen molar-refractivity contribution in [1.29, 1.82) is 0 Å². The Morgan fingerprint density at radius 2 is 0.895 bits per heavy atom. The average Bonchev–Trinajstić information content (AvgIpc) is 2.93. The van der Waals surface area contributed by atoms with Crippen LogP contribution >= 0.6 is 0 Å². The summed E-state index contributed by atoms with van der Waals surface area (Å²) in [6.07, 6.45) is 4.09. The summed E-state index contributed by atoms with van der Waals surface area (Å²) < 4.78 is 40.3. The van der Waals surface area contributed by atoms with Crippen LogP contribution in [-0.2, 0) is 0 Å². The molecule has 0 unspecified atom stereocenters. The molecule has 0 radical (unpaired) electrons. The summed E-state index contributed by atoms with van der Waals surface area (Å²) in [5.41, 5.74) is 6.47. The van der Waals surface area contributed by atoms with E-state index in [4.69, 9.17) is 23.1 Å². The largest absolute Gasteiger partial charge is 0.508 e. The lowest BCUT2D eigenvalue weighted by atomic mass is 10.0. The van der Waals surface area contributed by atoms with Crippen molar-refractivity contribution < 1.29 is 38.4 Å². The molecule has 0 aliphatic heterocycles. The Morgan fingerprint density at radius 1 is 0.500 bits per heavy atom. The number of phenols is 1.